The highest BCUT2D eigenvalue weighted by atomic mass is 16.7. The van der Waals surface area contributed by atoms with Crippen LogP contribution in [0.5, 0.6) is 0 Å². The number of carboxylic acid groups (broad SMARTS) is 1. The summed E-state index contributed by atoms with van der Waals surface area (Å²) < 4.78 is 0. The van der Waals surface area contributed by atoms with E-state index in [-0.39, 0.29) is 6.54 Å². The van der Waals surface area contributed by atoms with Crippen LogP contribution in [0.15, 0.2) is 24.3 Å². The number of nitrogens with one attached hydrogen (secondary N) is 2. The fourth-order valence-electron chi connectivity index (χ4n) is 1.18. The van der Waals surface area contributed by atoms with E-state index in [0.717, 1.165) is 5.56 Å². The largest absolute Gasteiger partial charge is 0.479 e. The Hall–Kier alpha value is -2.41. The third kappa shape index (κ3) is 5.64. The molecule has 2 amide bonds. The number of carboxylic acids is 1. The van der Waals surface area contributed by atoms with Crippen LogP contribution in [-0.4, -0.2) is 36.0 Å². The normalized spacial score (nSPS) is 9.74. The average Bonchev–Trinajstić information content (AvgIpc) is 2.36. The zero-order valence-corrected chi connectivity index (χ0v) is 10.3. The first-order valence-electron chi connectivity index (χ1n) is 5.46. The second-order valence-corrected chi connectivity index (χ2v) is 3.76. The molecule has 1 aromatic rings. The van der Waals surface area contributed by atoms with E-state index in [1.165, 1.54) is 0 Å². The quantitative estimate of drug-likeness (QED) is 0.621. The second kappa shape index (κ2) is 7.12. The molecule has 102 valence electrons. The summed E-state index contributed by atoms with van der Waals surface area (Å²) in [5.41, 5.74) is 3.35. The maximum atomic E-state index is 11.6. The van der Waals surface area contributed by atoms with Gasteiger partial charge in [-0.05, 0) is 19.1 Å². The molecule has 1 rings (SSSR count). The molecule has 0 saturated heterocycles. The van der Waals surface area contributed by atoms with Crippen LogP contribution in [0.3, 0.4) is 0 Å². The maximum Gasteiger partial charge on any atom is 0.332 e. The lowest BCUT2D eigenvalue weighted by Crippen LogP contribution is -2.37. The highest BCUT2D eigenvalue weighted by Crippen LogP contribution is 2.02. The van der Waals surface area contributed by atoms with Crippen LogP contribution in [0.2, 0.25) is 0 Å². The smallest absolute Gasteiger partial charge is 0.332 e. The Morgan fingerprint density at radius 2 is 1.84 bits per heavy atom. The number of hydrogen-bond donors (Lipinski definition) is 3. The van der Waals surface area contributed by atoms with E-state index in [0.29, 0.717) is 5.56 Å². The molecule has 0 heterocycles. The van der Waals surface area contributed by atoms with Crippen LogP contribution in [0.1, 0.15) is 15.9 Å². The Morgan fingerprint density at radius 1 is 1.21 bits per heavy atom. The van der Waals surface area contributed by atoms with Gasteiger partial charge in [-0.25, -0.2) is 10.3 Å². The molecule has 7 nitrogen and oxygen atoms in total. The Labute approximate surface area is 109 Å². The lowest BCUT2D eigenvalue weighted by Gasteiger charge is -2.06. The summed E-state index contributed by atoms with van der Waals surface area (Å²) in [6.45, 7) is 0.957. The van der Waals surface area contributed by atoms with E-state index in [1.807, 2.05) is 12.4 Å². The van der Waals surface area contributed by atoms with Gasteiger partial charge < -0.3 is 10.4 Å². The lowest BCUT2D eigenvalue weighted by molar-refractivity contribution is -0.148. The molecule has 0 aliphatic carbocycles. The summed E-state index contributed by atoms with van der Waals surface area (Å²) in [6.07, 6.45) is 0. The van der Waals surface area contributed by atoms with Gasteiger partial charge in [0.2, 0.25) is 0 Å². The molecule has 0 atom stereocenters. The monoisotopic (exact) mass is 266 g/mol. The molecule has 0 radical (unpaired) electrons. The van der Waals surface area contributed by atoms with E-state index in [9.17, 15) is 14.4 Å². The van der Waals surface area contributed by atoms with Crippen molar-refractivity contribution in [1.82, 2.24) is 10.8 Å². The summed E-state index contributed by atoms with van der Waals surface area (Å²) in [5, 5.41) is 10.6. The van der Waals surface area contributed by atoms with E-state index < -0.39 is 24.4 Å². The molecule has 0 fully saturated rings. The maximum absolute atomic E-state index is 11.6. The van der Waals surface area contributed by atoms with Crippen molar-refractivity contribution in [3.63, 3.8) is 0 Å². The zero-order chi connectivity index (χ0) is 14.3. The third-order valence-corrected chi connectivity index (χ3v) is 2.10. The summed E-state index contributed by atoms with van der Waals surface area (Å²) in [5.74, 6) is -2.24. The van der Waals surface area contributed by atoms with Crippen molar-refractivity contribution in [3.05, 3.63) is 35.4 Å². The number of hydrogen-bond acceptors (Lipinski definition) is 4. The molecule has 0 aliphatic rings. The van der Waals surface area contributed by atoms with Crippen molar-refractivity contribution >= 4 is 17.8 Å². The van der Waals surface area contributed by atoms with Crippen LogP contribution in [0.25, 0.3) is 0 Å². The number of carbonyl (C=O) groups excluding carboxylic acids is 2. The topological polar surface area (TPSA) is 105 Å². The van der Waals surface area contributed by atoms with Gasteiger partial charge in [-0.3, -0.25) is 14.4 Å². The summed E-state index contributed by atoms with van der Waals surface area (Å²) in [6, 6.07) is 6.85. The van der Waals surface area contributed by atoms with Gasteiger partial charge in [-0.15, -0.1) is 0 Å². The molecular weight excluding hydrogens is 252 g/mol. The molecule has 0 unspecified atom stereocenters. The van der Waals surface area contributed by atoms with Gasteiger partial charge in [-0.2, -0.15) is 0 Å². The highest BCUT2D eigenvalue weighted by molar-refractivity contribution is 5.96. The van der Waals surface area contributed by atoms with Gasteiger partial charge in [0, 0.05) is 5.56 Å². The Balaban J connectivity index is 2.31. The van der Waals surface area contributed by atoms with Gasteiger partial charge in [0.25, 0.3) is 11.8 Å². The summed E-state index contributed by atoms with van der Waals surface area (Å²) >= 11 is 0. The van der Waals surface area contributed by atoms with Gasteiger partial charge >= 0.3 is 5.97 Å². The first-order valence-corrected chi connectivity index (χ1v) is 5.46. The molecule has 19 heavy (non-hydrogen) atoms. The fraction of sp³-hybridized carbons (Fsp3) is 0.250. The molecule has 0 aliphatic heterocycles. The predicted molar refractivity (Wildman–Crippen MR) is 65.2 cm³/mol. The Morgan fingerprint density at radius 3 is 2.42 bits per heavy atom. The number of hydroxylamine groups is 1. The molecule has 0 saturated carbocycles. The van der Waals surface area contributed by atoms with Crippen molar-refractivity contribution in [2.24, 2.45) is 0 Å². The van der Waals surface area contributed by atoms with Crippen molar-refractivity contribution in [2.75, 3.05) is 13.2 Å². The van der Waals surface area contributed by atoms with E-state index in [4.69, 9.17) is 5.11 Å². The first-order chi connectivity index (χ1) is 8.99. The standard InChI is InChI=1S/C12H14N2O5/c1-8-2-4-9(5-3-8)12(18)13-6-10(15)14-19-7-11(16)17/h2-5H,6-7H2,1H3,(H,13,18)(H,14,15)(H,16,17). The number of aryl methyl sites for hydroxylation is 1. The molecule has 0 bridgehead atoms. The molecule has 0 aromatic heterocycles. The first kappa shape index (κ1) is 14.7. The zero-order valence-electron chi connectivity index (χ0n) is 10.3. The molecule has 0 spiro atoms. The van der Waals surface area contributed by atoms with Crippen LogP contribution < -0.4 is 10.8 Å². The molecular formula is C12H14N2O5. The minimum atomic E-state index is -1.20. The predicted octanol–water partition coefficient (Wildman–Crippen LogP) is -0.143. The highest BCUT2D eigenvalue weighted by Gasteiger charge is 2.08. The van der Waals surface area contributed by atoms with Crippen LogP contribution >= 0.6 is 0 Å². The fourth-order valence-corrected chi connectivity index (χ4v) is 1.18. The van der Waals surface area contributed by atoms with E-state index >= 15 is 0 Å². The van der Waals surface area contributed by atoms with Crippen molar-refractivity contribution in [1.29, 1.82) is 0 Å². The van der Waals surface area contributed by atoms with Crippen LogP contribution in [0.4, 0.5) is 0 Å². The minimum Gasteiger partial charge on any atom is -0.479 e. The van der Waals surface area contributed by atoms with Crippen LogP contribution in [-0.2, 0) is 14.4 Å². The second-order valence-electron chi connectivity index (χ2n) is 3.76. The van der Waals surface area contributed by atoms with Gasteiger partial charge in [0.05, 0.1) is 6.54 Å². The van der Waals surface area contributed by atoms with Crippen LogP contribution in [0, 0.1) is 6.92 Å². The SMILES string of the molecule is Cc1ccc(C(=O)NCC(=O)NOCC(=O)O)cc1. The van der Waals surface area contributed by atoms with Gasteiger partial charge in [-0.1, -0.05) is 17.7 Å². The van der Waals surface area contributed by atoms with Gasteiger partial charge in [0.1, 0.15) is 0 Å². The number of aliphatic carboxylic acids is 1. The number of rotatable bonds is 6. The number of amides is 2. The van der Waals surface area contributed by atoms with Gasteiger partial charge in [0.15, 0.2) is 6.61 Å². The van der Waals surface area contributed by atoms with E-state index in [1.54, 1.807) is 24.3 Å². The Kier molecular flexibility index (Phi) is 5.49. The average molecular weight is 266 g/mol. The van der Waals surface area contributed by atoms with E-state index in [2.05, 4.69) is 10.2 Å². The number of benzene rings is 1. The molecule has 3 N–H and O–H groups in total. The van der Waals surface area contributed by atoms with Crippen molar-refractivity contribution in [3.8, 4) is 0 Å². The number of carbonyl (C=O) groups is 3. The Bertz CT molecular complexity index is 470. The minimum absolute atomic E-state index is 0.299. The van der Waals surface area contributed by atoms with Crippen molar-refractivity contribution in [2.45, 2.75) is 6.92 Å². The molecule has 7 heteroatoms. The third-order valence-electron chi connectivity index (χ3n) is 2.10. The summed E-state index contributed by atoms with van der Waals surface area (Å²) in [7, 11) is 0. The van der Waals surface area contributed by atoms with Crippen molar-refractivity contribution < 1.29 is 24.3 Å². The lowest BCUT2D eigenvalue weighted by atomic mass is 10.1. The summed E-state index contributed by atoms with van der Waals surface area (Å²) in [4.78, 5) is 37.3. The molecule has 1 aromatic carbocycles.